The Balaban J connectivity index is 2.00. The predicted molar refractivity (Wildman–Crippen MR) is 127 cm³/mol. The molecule has 1 N–H and O–H groups in total. The van der Waals surface area contributed by atoms with E-state index in [2.05, 4.69) is 4.98 Å². The number of ether oxygens (including phenoxy) is 2. The van der Waals surface area contributed by atoms with Gasteiger partial charge in [0.25, 0.3) is 6.17 Å². The van der Waals surface area contributed by atoms with Gasteiger partial charge in [0.05, 0.1) is 24.5 Å². The third-order valence-electron chi connectivity index (χ3n) is 5.24. The summed E-state index contributed by atoms with van der Waals surface area (Å²) in [5, 5.41) is 5.24. The average Bonchev–Trinajstić information content (AvgIpc) is 2.79. The summed E-state index contributed by atoms with van der Waals surface area (Å²) in [6.45, 7) is 8.29. The molecule has 1 amide bonds. The highest BCUT2D eigenvalue weighted by Gasteiger charge is 2.45. The van der Waals surface area contributed by atoms with Crippen LogP contribution in [0.1, 0.15) is 39.4 Å². The molecule has 9 heteroatoms. The van der Waals surface area contributed by atoms with Gasteiger partial charge in [-0.2, -0.15) is 0 Å². The Bertz CT molecular complexity index is 1240. The molecule has 1 aromatic heterocycles. The number of aromatic nitrogens is 3. The molecule has 33 heavy (non-hydrogen) atoms. The van der Waals surface area contributed by atoms with Crippen LogP contribution in [-0.2, 0) is 4.79 Å². The van der Waals surface area contributed by atoms with Gasteiger partial charge in [0, 0.05) is 17.6 Å². The summed E-state index contributed by atoms with van der Waals surface area (Å²) >= 11 is 1.44. The smallest absolute Gasteiger partial charge is 0.325 e. The minimum atomic E-state index is -0.666. The van der Waals surface area contributed by atoms with Crippen LogP contribution in [0.15, 0.2) is 52.4 Å². The first-order chi connectivity index (χ1) is 16.0. The number of nitrogens with one attached hydrogen (secondary N) is 1. The molecule has 1 aliphatic rings. The van der Waals surface area contributed by atoms with E-state index in [-0.39, 0.29) is 11.5 Å². The van der Waals surface area contributed by atoms with E-state index in [4.69, 9.17) is 14.6 Å². The van der Waals surface area contributed by atoms with Gasteiger partial charge in [-0.15, -0.1) is 0 Å². The molecule has 8 nitrogen and oxygen atoms in total. The van der Waals surface area contributed by atoms with Crippen LogP contribution in [0.3, 0.4) is 0 Å². The molecule has 0 saturated heterocycles. The maximum Gasteiger partial charge on any atom is 0.325 e. The molecule has 0 spiro atoms. The summed E-state index contributed by atoms with van der Waals surface area (Å²) in [6.07, 6.45) is -0.666. The molecule has 0 aliphatic carbocycles. The fourth-order valence-electron chi connectivity index (χ4n) is 4.04. The number of hydrogen-bond acceptors (Lipinski definition) is 6. The Morgan fingerprint density at radius 2 is 1.85 bits per heavy atom. The fourth-order valence-corrected chi connectivity index (χ4v) is 4.63. The molecule has 0 bridgehead atoms. The number of para-hydroxylation sites is 1. The molecule has 0 radical (unpaired) electrons. The number of aromatic amines is 1. The monoisotopic (exact) mass is 467 g/mol. The van der Waals surface area contributed by atoms with E-state index in [9.17, 15) is 9.59 Å². The van der Waals surface area contributed by atoms with Crippen LogP contribution in [0.2, 0.25) is 0 Å². The standard InChI is InChI=1S/C24H26N4O4S/c1-5-31-19-13-12-16(14-20(19)32-6-2)23-27(15(4)29)18-11-9-8-10-17(18)21-22(30)25-24(33-7-3)26-28(21)23/h8-14,23H,5-7H2,1-4H3/p+1/t23-/m0/s1. The van der Waals surface area contributed by atoms with E-state index in [0.29, 0.717) is 46.8 Å². The van der Waals surface area contributed by atoms with Gasteiger partial charge >= 0.3 is 11.3 Å². The lowest BCUT2D eigenvalue weighted by Crippen LogP contribution is -2.60. The van der Waals surface area contributed by atoms with E-state index in [0.717, 1.165) is 11.3 Å². The maximum atomic E-state index is 13.2. The lowest BCUT2D eigenvalue weighted by atomic mass is 10.0. The third-order valence-corrected chi connectivity index (χ3v) is 5.99. The van der Waals surface area contributed by atoms with Crippen LogP contribution in [0.4, 0.5) is 5.69 Å². The molecule has 4 rings (SSSR count). The van der Waals surface area contributed by atoms with Crippen molar-refractivity contribution in [1.29, 1.82) is 0 Å². The van der Waals surface area contributed by atoms with Crippen molar-refractivity contribution in [3.8, 4) is 22.8 Å². The number of carbonyl (C=O) groups is 1. The highest BCUT2D eigenvalue weighted by Crippen LogP contribution is 2.39. The molecule has 1 aliphatic heterocycles. The molecule has 3 aromatic rings. The molecular weight excluding hydrogens is 440 g/mol. The van der Waals surface area contributed by atoms with Gasteiger partial charge in [-0.05, 0) is 54.6 Å². The van der Waals surface area contributed by atoms with Crippen molar-refractivity contribution in [3.63, 3.8) is 0 Å². The highest BCUT2D eigenvalue weighted by molar-refractivity contribution is 7.99. The number of nitrogens with zero attached hydrogens (tertiary/aromatic N) is 3. The Labute approximate surface area is 196 Å². The second-order valence-electron chi connectivity index (χ2n) is 7.34. The van der Waals surface area contributed by atoms with E-state index in [1.807, 2.05) is 63.2 Å². The Morgan fingerprint density at radius 3 is 2.55 bits per heavy atom. The first kappa shape index (κ1) is 22.8. The largest absolute Gasteiger partial charge is 0.490 e. The highest BCUT2D eigenvalue weighted by atomic mass is 32.2. The summed E-state index contributed by atoms with van der Waals surface area (Å²) in [7, 11) is 0. The Hall–Kier alpha value is -3.33. The lowest BCUT2D eigenvalue weighted by Gasteiger charge is -2.31. The van der Waals surface area contributed by atoms with Crippen molar-refractivity contribution in [3.05, 3.63) is 58.4 Å². The number of amides is 1. The zero-order valence-corrected chi connectivity index (χ0v) is 19.9. The van der Waals surface area contributed by atoms with E-state index in [1.54, 1.807) is 9.58 Å². The van der Waals surface area contributed by atoms with E-state index >= 15 is 0 Å². The predicted octanol–water partition coefficient (Wildman–Crippen LogP) is 3.55. The number of hydrogen-bond donors (Lipinski definition) is 1. The summed E-state index contributed by atoms with van der Waals surface area (Å²) in [4.78, 5) is 30.7. The minimum Gasteiger partial charge on any atom is -0.490 e. The van der Waals surface area contributed by atoms with E-state index in [1.165, 1.54) is 18.7 Å². The Kier molecular flexibility index (Phi) is 6.69. The number of fused-ring (bicyclic) bond motifs is 3. The lowest BCUT2D eigenvalue weighted by molar-refractivity contribution is -0.763. The van der Waals surface area contributed by atoms with E-state index < -0.39 is 6.17 Å². The van der Waals surface area contributed by atoms with Crippen LogP contribution < -0.4 is 24.6 Å². The van der Waals surface area contributed by atoms with Gasteiger partial charge in [0.1, 0.15) is 0 Å². The van der Waals surface area contributed by atoms with Crippen LogP contribution in [0.25, 0.3) is 11.3 Å². The molecule has 0 fully saturated rings. The van der Waals surface area contributed by atoms with Gasteiger partial charge in [0.15, 0.2) is 11.5 Å². The van der Waals surface area contributed by atoms with Crippen molar-refractivity contribution < 1.29 is 19.0 Å². The molecule has 2 heterocycles. The number of rotatable bonds is 7. The topological polar surface area (TPSA) is 88.4 Å². The van der Waals surface area contributed by atoms with Crippen LogP contribution in [0.5, 0.6) is 11.5 Å². The minimum absolute atomic E-state index is 0.163. The third kappa shape index (κ3) is 4.20. The number of H-pyrrole nitrogens is 1. The summed E-state index contributed by atoms with van der Waals surface area (Å²) in [5.41, 5.74) is 2.22. The van der Waals surface area contributed by atoms with Gasteiger partial charge in [-0.3, -0.25) is 14.6 Å². The second-order valence-corrected chi connectivity index (χ2v) is 8.59. The SMILES string of the molecule is CCOc1ccc([C@H]2N(C(C)=O)c3ccccc3-c3c(=O)[nH]c(SCC)n[n+]32)cc1OCC. The fraction of sp³-hybridized carbons (Fsp3) is 0.333. The zero-order chi connectivity index (χ0) is 23.5. The summed E-state index contributed by atoms with van der Waals surface area (Å²) < 4.78 is 13.2. The molecule has 0 saturated carbocycles. The van der Waals surface area contributed by atoms with Crippen LogP contribution in [-0.4, -0.2) is 35.0 Å². The van der Waals surface area contributed by atoms with Gasteiger partial charge in [0.2, 0.25) is 11.1 Å². The molecular formula is C24H27N4O4S+. The van der Waals surface area contributed by atoms with Crippen LogP contribution >= 0.6 is 11.8 Å². The molecule has 1 atom stereocenters. The van der Waals surface area contributed by atoms with Gasteiger partial charge < -0.3 is 9.47 Å². The number of thioether (sulfide) groups is 1. The van der Waals surface area contributed by atoms with Crippen LogP contribution in [0, 0.1) is 0 Å². The molecule has 0 unspecified atom stereocenters. The normalized spacial score (nSPS) is 14.4. The maximum absolute atomic E-state index is 13.2. The zero-order valence-electron chi connectivity index (χ0n) is 19.1. The number of carbonyl (C=O) groups excluding carboxylic acids is 1. The van der Waals surface area contributed by atoms with Crippen molar-refractivity contribution in [1.82, 2.24) is 10.1 Å². The quantitative estimate of drug-likeness (QED) is 0.422. The summed E-state index contributed by atoms with van der Waals surface area (Å²) in [5.74, 6) is 1.79. The van der Waals surface area contributed by atoms with Crippen molar-refractivity contribution in [2.24, 2.45) is 0 Å². The Morgan fingerprint density at radius 1 is 1.12 bits per heavy atom. The molecule has 172 valence electrons. The first-order valence-electron chi connectivity index (χ1n) is 11.0. The van der Waals surface area contributed by atoms with Gasteiger partial charge in [-0.25, -0.2) is 4.90 Å². The van der Waals surface area contributed by atoms with Crippen molar-refractivity contribution in [2.75, 3.05) is 23.9 Å². The van der Waals surface area contributed by atoms with Crippen molar-refractivity contribution >= 4 is 23.4 Å². The number of anilines is 1. The summed E-state index contributed by atoms with van der Waals surface area (Å²) in [6, 6.07) is 13.0. The number of benzene rings is 2. The first-order valence-corrected chi connectivity index (χ1v) is 12.0. The molecule has 2 aromatic carbocycles. The second kappa shape index (κ2) is 9.66. The average molecular weight is 468 g/mol. The van der Waals surface area contributed by atoms with Crippen molar-refractivity contribution in [2.45, 2.75) is 39.0 Å². The van der Waals surface area contributed by atoms with Gasteiger partial charge in [-0.1, -0.05) is 30.8 Å².